The largest absolute Gasteiger partial charge is 0.508 e. The summed E-state index contributed by atoms with van der Waals surface area (Å²) in [5, 5.41) is 9.98. The third kappa shape index (κ3) is 2.90. The van der Waals surface area contributed by atoms with Crippen molar-refractivity contribution in [2.45, 2.75) is 19.1 Å². The van der Waals surface area contributed by atoms with E-state index in [2.05, 4.69) is 0 Å². The maximum Gasteiger partial charge on any atom is 0.415 e. The molecule has 6 nitrogen and oxygen atoms in total. The summed E-state index contributed by atoms with van der Waals surface area (Å²) < 4.78 is 10.1. The molecule has 6 heteroatoms. The summed E-state index contributed by atoms with van der Waals surface area (Å²) in [4.78, 5) is 25.8. The lowest BCUT2D eigenvalue weighted by atomic mass is 10.1. The number of rotatable bonds is 3. The highest BCUT2D eigenvalue weighted by Crippen LogP contribution is 2.38. The second kappa shape index (κ2) is 6.62. The van der Waals surface area contributed by atoms with E-state index in [0.717, 1.165) is 5.56 Å². The van der Waals surface area contributed by atoms with Crippen LogP contribution in [0.1, 0.15) is 11.1 Å². The van der Waals surface area contributed by atoms with Crippen molar-refractivity contribution >= 4 is 17.7 Å². The molecule has 0 saturated heterocycles. The molecule has 1 heterocycles. The van der Waals surface area contributed by atoms with E-state index in [1.165, 1.54) is 18.1 Å². The normalized spacial score (nSPS) is 15.7. The first kappa shape index (κ1) is 15.9. The van der Waals surface area contributed by atoms with Gasteiger partial charge in [0.25, 0.3) is 0 Å². The molecule has 24 heavy (non-hydrogen) atoms. The van der Waals surface area contributed by atoms with Gasteiger partial charge in [-0.05, 0) is 17.7 Å². The summed E-state index contributed by atoms with van der Waals surface area (Å²) in [5.41, 5.74) is 1.84. The van der Waals surface area contributed by atoms with Crippen LogP contribution in [0.15, 0.2) is 48.5 Å². The van der Waals surface area contributed by atoms with Crippen LogP contribution in [0.3, 0.4) is 0 Å². The summed E-state index contributed by atoms with van der Waals surface area (Å²) in [6, 6.07) is 13.2. The Balaban J connectivity index is 1.84. The molecule has 124 valence electrons. The van der Waals surface area contributed by atoms with E-state index in [1.54, 1.807) is 12.1 Å². The standard InChI is InChI=1S/C18H17NO5/c1-23-17(21)15-10-13-14(8-5-9-16(13)20)19(15)18(22)24-11-12-6-3-2-4-7-12/h2-9,15,20H,10-11H2,1H3. The van der Waals surface area contributed by atoms with Crippen LogP contribution in [0.4, 0.5) is 10.5 Å². The Kier molecular flexibility index (Phi) is 4.37. The van der Waals surface area contributed by atoms with Crippen LogP contribution in [0.5, 0.6) is 5.75 Å². The Morgan fingerprint density at radius 2 is 1.92 bits per heavy atom. The highest BCUT2D eigenvalue weighted by Gasteiger charge is 2.41. The lowest BCUT2D eigenvalue weighted by molar-refractivity contribution is -0.142. The Bertz CT molecular complexity index is 759. The maximum atomic E-state index is 12.5. The van der Waals surface area contributed by atoms with Gasteiger partial charge in [0.15, 0.2) is 0 Å². The van der Waals surface area contributed by atoms with Gasteiger partial charge >= 0.3 is 12.1 Å². The zero-order valence-electron chi connectivity index (χ0n) is 13.1. The van der Waals surface area contributed by atoms with Crippen LogP contribution in [-0.2, 0) is 27.3 Å². The summed E-state index contributed by atoms with van der Waals surface area (Å²) in [6.07, 6.45) is -0.464. The molecule has 0 bridgehead atoms. The van der Waals surface area contributed by atoms with Gasteiger partial charge in [0.2, 0.25) is 0 Å². The van der Waals surface area contributed by atoms with Crippen LogP contribution >= 0.6 is 0 Å². The Labute approximate surface area is 139 Å². The minimum Gasteiger partial charge on any atom is -0.508 e. The first-order valence-electron chi connectivity index (χ1n) is 7.50. The van der Waals surface area contributed by atoms with Crippen LogP contribution in [0, 0.1) is 0 Å². The number of benzene rings is 2. The second-order valence-electron chi connectivity index (χ2n) is 5.43. The predicted octanol–water partition coefficient (Wildman–Crippen LogP) is 2.63. The smallest absolute Gasteiger partial charge is 0.415 e. The van der Waals surface area contributed by atoms with Gasteiger partial charge in [-0.3, -0.25) is 4.90 Å². The molecule has 0 aromatic heterocycles. The average Bonchev–Trinajstić information content (AvgIpc) is 3.01. The number of aromatic hydroxyl groups is 1. The number of carbonyl (C=O) groups is 2. The fraction of sp³-hybridized carbons (Fsp3) is 0.222. The van der Waals surface area contributed by atoms with E-state index in [-0.39, 0.29) is 18.8 Å². The number of hydrogen-bond donors (Lipinski definition) is 1. The van der Waals surface area contributed by atoms with E-state index < -0.39 is 18.1 Å². The molecule has 1 atom stereocenters. The van der Waals surface area contributed by atoms with Crippen LogP contribution in [-0.4, -0.2) is 30.3 Å². The van der Waals surface area contributed by atoms with Gasteiger partial charge < -0.3 is 14.6 Å². The molecule has 2 aromatic carbocycles. The van der Waals surface area contributed by atoms with Crippen LogP contribution in [0.25, 0.3) is 0 Å². The van der Waals surface area contributed by atoms with E-state index in [4.69, 9.17) is 9.47 Å². The van der Waals surface area contributed by atoms with Gasteiger partial charge in [0, 0.05) is 12.0 Å². The van der Waals surface area contributed by atoms with E-state index in [1.807, 2.05) is 30.3 Å². The molecule has 0 aliphatic carbocycles. The monoisotopic (exact) mass is 327 g/mol. The number of carbonyl (C=O) groups excluding carboxylic acids is 2. The topological polar surface area (TPSA) is 76.1 Å². The van der Waals surface area contributed by atoms with Gasteiger partial charge in [-0.2, -0.15) is 0 Å². The molecule has 0 spiro atoms. The number of fused-ring (bicyclic) bond motifs is 1. The number of phenols is 1. The summed E-state index contributed by atoms with van der Waals surface area (Å²) in [6.45, 7) is 0.0955. The Morgan fingerprint density at radius 3 is 2.62 bits per heavy atom. The number of phenolic OH excluding ortho intramolecular Hbond substituents is 1. The third-order valence-electron chi connectivity index (χ3n) is 3.97. The quantitative estimate of drug-likeness (QED) is 0.877. The molecule has 1 amide bonds. The fourth-order valence-electron chi connectivity index (χ4n) is 2.79. The number of hydrogen-bond acceptors (Lipinski definition) is 5. The molecule has 3 rings (SSSR count). The number of methoxy groups -OCH3 is 1. The van der Waals surface area contributed by atoms with Crippen molar-refractivity contribution in [1.29, 1.82) is 0 Å². The van der Waals surface area contributed by atoms with Crippen molar-refractivity contribution in [2.24, 2.45) is 0 Å². The number of anilines is 1. The molecule has 1 unspecified atom stereocenters. The minimum absolute atomic E-state index is 0.0414. The number of ether oxygens (including phenoxy) is 2. The zero-order valence-corrected chi connectivity index (χ0v) is 13.1. The van der Waals surface area contributed by atoms with Crippen molar-refractivity contribution in [3.05, 3.63) is 59.7 Å². The highest BCUT2D eigenvalue weighted by molar-refractivity contribution is 5.99. The van der Waals surface area contributed by atoms with Gasteiger partial charge in [0.05, 0.1) is 12.8 Å². The summed E-state index contributed by atoms with van der Waals surface area (Å²) in [5.74, 6) is -0.512. The predicted molar refractivity (Wildman–Crippen MR) is 86.7 cm³/mol. The van der Waals surface area contributed by atoms with Crippen LogP contribution in [0.2, 0.25) is 0 Å². The molecular formula is C18H17NO5. The van der Waals surface area contributed by atoms with Crippen molar-refractivity contribution < 1.29 is 24.2 Å². The number of esters is 1. The van der Waals surface area contributed by atoms with Crippen LogP contribution < -0.4 is 4.90 Å². The number of amides is 1. The third-order valence-corrected chi connectivity index (χ3v) is 3.97. The average molecular weight is 327 g/mol. The SMILES string of the molecule is COC(=O)C1Cc2c(O)cccc2N1C(=O)OCc1ccccc1. The van der Waals surface area contributed by atoms with E-state index >= 15 is 0 Å². The minimum atomic E-state index is -0.846. The molecule has 2 aromatic rings. The molecule has 1 aliphatic heterocycles. The Hall–Kier alpha value is -3.02. The second-order valence-corrected chi connectivity index (χ2v) is 5.43. The summed E-state index contributed by atoms with van der Waals surface area (Å²) >= 11 is 0. The molecule has 1 N–H and O–H groups in total. The van der Waals surface area contributed by atoms with Crippen molar-refractivity contribution in [3.8, 4) is 5.75 Å². The van der Waals surface area contributed by atoms with E-state index in [9.17, 15) is 14.7 Å². The molecular weight excluding hydrogens is 310 g/mol. The van der Waals surface area contributed by atoms with Crippen molar-refractivity contribution in [1.82, 2.24) is 0 Å². The van der Waals surface area contributed by atoms with Crippen molar-refractivity contribution in [2.75, 3.05) is 12.0 Å². The lowest BCUT2D eigenvalue weighted by Gasteiger charge is -2.23. The molecule has 1 aliphatic rings. The number of nitrogens with zero attached hydrogens (tertiary/aromatic N) is 1. The Morgan fingerprint density at radius 1 is 1.17 bits per heavy atom. The fourth-order valence-corrected chi connectivity index (χ4v) is 2.79. The van der Waals surface area contributed by atoms with Gasteiger partial charge in [-0.15, -0.1) is 0 Å². The lowest BCUT2D eigenvalue weighted by Crippen LogP contribution is -2.43. The first-order valence-corrected chi connectivity index (χ1v) is 7.50. The first-order chi connectivity index (χ1) is 11.6. The molecule has 0 radical (unpaired) electrons. The van der Waals surface area contributed by atoms with Gasteiger partial charge in [0.1, 0.15) is 18.4 Å². The highest BCUT2D eigenvalue weighted by atomic mass is 16.6. The van der Waals surface area contributed by atoms with E-state index in [0.29, 0.717) is 11.3 Å². The maximum absolute atomic E-state index is 12.5. The van der Waals surface area contributed by atoms with Gasteiger partial charge in [-0.25, -0.2) is 9.59 Å². The molecule has 0 fully saturated rings. The summed E-state index contributed by atoms with van der Waals surface area (Å²) in [7, 11) is 1.26. The molecule has 0 saturated carbocycles. The zero-order chi connectivity index (χ0) is 17.1. The van der Waals surface area contributed by atoms with Gasteiger partial charge in [-0.1, -0.05) is 36.4 Å². The van der Waals surface area contributed by atoms with Crippen molar-refractivity contribution in [3.63, 3.8) is 0 Å².